The van der Waals surface area contributed by atoms with Crippen LogP contribution in [-0.2, 0) is 0 Å². The molecule has 5 nitrogen and oxygen atoms in total. The zero-order chi connectivity index (χ0) is 15.4. The molecule has 0 aliphatic heterocycles. The van der Waals surface area contributed by atoms with E-state index >= 15 is 0 Å². The topological polar surface area (TPSA) is 60.2 Å². The van der Waals surface area contributed by atoms with Gasteiger partial charge in [0.2, 0.25) is 11.7 Å². The zero-order valence-corrected chi connectivity index (χ0v) is 13.0. The van der Waals surface area contributed by atoms with Crippen LogP contribution in [0.25, 0.3) is 11.4 Å². The summed E-state index contributed by atoms with van der Waals surface area (Å²) in [6.45, 7) is 2.04. The average Bonchev–Trinajstić information content (AvgIpc) is 3.05. The van der Waals surface area contributed by atoms with Crippen molar-refractivity contribution in [3.05, 3.63) is 42.3 Å². The molecule has 2 aromatic rings. The molecule has 1 heterocycles. The maximum Gasteiger partial charge on any atom is 0.243 e. The Morgan fingerprint density at radius 3 is 3.00 bits per heavy atom. The second kappa shape index (κ2) is 6.75. The van der Waals surface area contributed by atoms with Crippen LogP contribution in [0, 0.1) is 0 Å². The molecule has 5 heteroatoms. The minimum Gasteiger partial charge on any atom is -0.496 e. The molecule has 1 aliphatic carbocycles. The number of aromatic nitrogens is 2. The predicted molar refractivity (Wildman–Crippen MR) is 84.6 cm³/mol. The lowest BCUT2D eigenvalue weighted by molar-refractivity contribution is 0.327. The van der Waals surface area contributed by atoms with Crippen LogP contribution in [-0.4, -0.2) is 23.3 Å². The fourth-order valence-electron chi connectivity index (χ4n) is 2.69. The Labute approximate surface area is 130 Å². The van der Waals surface area contributed by atoms with Gasteiger partial charge in [-0.1, -0.05) is 29.4 Å². The van der Waals surface area contributed by atoms with Crippen molar-refractivity contribution in [2.24, 2.45) is 0 Å². The number of rotatable bonds is 5. The van der Waals surface area contributed by atoms with E-state index in [1.54, 1.807) is 7.11 Å². The quantitative estimate of drug-likeness (QED) is 0.856. The molecule has 0 saturated heterocycles. The van der Waals surface area contributed by atoms with E-state index in [1.807, 2.05) is 31.2 Å². The molecule has 1 aliphatic rings. The van der Waals surface area contributed by atoms with Gasteiger partial charge in [0.25, 0.3) is 0 Å². The minimum atomic E-state index is 0.0173. The summed E-state index contributed by atoms with van der Waals surface area (Å²) in [5.41, 5.74) is 0.838. The summed E-state index contributed by atoms with van der Waals surface area (Å²) in [5, 5.41) is 7.60. The molecule has 1 aromatic heterocycles. The summed E-state index contributed by atoms with van der Waals surface area (Å²) in [5.74, 6) is 1.89. The number of ether oxygens (including phenoxy) is 1. The van der Waals surface area contributed by atoms with Gasteiger partial charge in [0.1, 0.15) is 5.75 Å². The fraction of sp³-hybridized carbons (Fsp3) is 0.412. The van der Waals surface area contributed by atoms with E-state index in [9.17, 15) is 0 Å². The molecule has 0 spiro atoms. The molecule has 116 valence electrons. The monoisotopic (exact) mass is 299 g/mol. The summed E-state index contributed by atoms with van der Waals surface area (Å²) in [6.07, 6.45) is 7.98. The number of allylic oxidation sites excluding steroid dienone is 1. The lowest BCUT2D eigenvalue weighted by atomic mass is 10.0. The number of nitrogens with zero attached hydrogens (tertiary/aromatic N) is 2. The van der Waals surface area contributed by atoms with Crippen molar-refractivity contribution < 1.29 is 9.26 Å². The van der Waals surface area contributed by atoms with Crippen molar-refractivity contribution in [2.75, 3.05) is 7.11 Å². The highest BCUT2D eigenvalue weighted by Crippen LogP contribution is 2.28. The molecule has 2 atom stereocenters. The Morgan fingerprint density at radius 1 is 1.36 bits per heavy atom. The van der Waals surface area contributed by atoms with E-state index < -0.39 is 0 Å². The van der Waals surface area contributed by atoms with Crippen LogP contribution < -0.4 is 10.1 Å². The number of hydrogen-bond donors (Lipinski definition) is 1. The third-order valence-electron chi connectivity index (χ3n) is 3.88. The van der Waals surface area contributed by atoms with Crippen LogP contribution in [0.2, 0.25) is 0 Å². The summed E-state index contributed by atoms with van der Waals surface area (Å²) >= 11 is 0. The van der Waals surface area contributed by atoms with E-state index in [0.29, 0.717) is 17.8 Å². The van der Waals surface area contributed by atoms with E-state index in [-0.39, 0.29) is 6.04 Å². The molecule has 3 rings (SSSR count). The number of para-hydroxylation sites is 1. The second-order valence-electron chi connectivity index (χ2n) is 5.51. The van der Waals surface area contributed by atoms with Gasteiger partial charge < -0.3 is 9.26 Å². The van der Waals surface area contributed by atoms with Crippen molar-refractivity contribution >= 4 is 0 Å². The lowest BCUT2D eigenvalue weighted by Gasteiger charge is -2.20. The summed E-state index contributed by atoms with van der Waals surface area (Å²) in [7, 11) is 1.64. The van der Waals surface area contributed by atoms with Gasteiger partial charge in [-0.05, 0) is 38.3 Å². The molecule has 1 N–H and O–H groups in total. The molecule has 0 radical (unpaired) electrons. The average molecular weight is 299 g/mol. The van der Waals surface area contributed by atoms with E-state index in [4.69, 9.17) is 9.26 Å². The predicted octanol–water partition coefficient (Wildman–Crippen LogP) is 3.50. The number of hydrogen-bond acceptors (Lipinski definition) is 5. The van der Waals surface area contributed by atoms with Crippen LogP contribution in [0.5, 0.6) is 5.75 Å². The van der Waals surface area contributed by atoms with Gasteiger partial charge in [-0.25, -0.2) is 0 Å². The Bertz CT molecular complexity index is 651. The summed E-state index contributed by atoms with van der Waals surface area (Å²) < 4.78 is 10.8. The van der Waals surface area contributed by atoms with Crippen LogP contribution in [0.15, 0.2) is 40.9 Å². The summed E-state index contributed by atoms with van der Waals surface area (Å²) in [4.78, 5) is 4.51. The SMILES string of the molecule is COc1ccccc1-c1noc([C@@H](C)N[C@@H]2C=CCCC2)n1. The Morgan fingerprint density at radius 2 is 2.23 bits per heavy atom. The van der Waals surface area contributed by atoms with Crippen LogP contribution in [0.3, 0.4) is 0 Å². The summed E-state index contributed by atoms with van der Waals surface area (Å²) in [6, 6.07) is 8.06. The number of methoxy groups -OCH3 is 1. The van der Waals surface area contributed by atoms with E-state index in [2.05, 4.69) is 27.6 Å². The van der Waals surface area contributed by atoms with E-state index in [1.165, 1.54) is 12.8 Å². The van der Waals surface area contributed by atoms with Gasteiger partial charge in [0, 0.05) is 6.04 Å². The highest BCUT2D eigenvalue weighted by atomic mass is 16.5. The standard InChI is InChI=1S/C17H21N3O2/c1-12(18-13-8-4-3-5-9-13)17-19-16(20-22-17)14-10-6-7-11-15(14)21-2/h4,6-8,10-13,18H,3,5,9H2,1-2H3/t12-,13-/m1/s1. The van der Waals surface area contributed by atoms with Gasteiger partial charge in [-0.15, -0.1) is 0 Å². The zero-order valence-electron chi connectivity index (χ0n) is 13.0. The van der Waals surface area contributed by atoms with Crippen molar-refractivity contribution in [3.63, 3.8) is 0 Å². The maximum atomic E-state index is 5.42. The van der Waals surface area contributed by atoms with Gasteiger partial charge in [-0.2, -0.15) is 4.98 Å². The molecular formula is C17H21N3O2. The van der Waals surface area contributed by atoms with Crippen molar-refractivity contribution in [3.8, 4) is 17.1 Å². The first-order valence-corrected chi connectivity index (χ1v) is 7.67. The number of nitrogens with one attached hydrogen (secondary N) is 1. The molecule has 0 saturated carbocycles. The third kappa shape index (κ3) is 3.20. The first-order chi connectivity index (χ1) is 10.8. The largest absolute Gasteiger partial charge is 0.496 e. The smallest absolute Gasteiger partial charge is 0.243 e. The van der Waals surface area contributed by atoms with Gasteiger partial charge >= 0.3 is 0 Å². The molecule has 0 bridgehead atoms. The third-order valence-corrected chi connectivity index (χ3v) is 3.88. The molecule has 22 heavy (non-hydrogen) atoms. The van der Waals surface area contributed by atoms with Crippen molar-refractivity contribution in [1.82, 2.24) is 15.5 Å². The highest BCUT2D eigenvalue weighted by Gasteiger charge is 2.19. The van der Waals surface area contributed by atoms with Crippen LogP contribution >= 0.6 is 0 Å². The minimum absolute atomic E-state index is 0.0173. The fourth-order valence-corrected chi connectivity index (χ4v) is 2.69. The molecule has 0 unspecified atom stereocenters. The first kappa shape index (κ1) is 14.8. The molecule has 0 fully saturated rings. The second-order valence-corrected chi connectivity index (χ2v) is 5.51. The van der Waals surface area contributed by atoms with Crippen molar-refractivity contribution in [2.45, 2.75) is 38.3 Å². The lowest BCUT2D eigenvalue weighted by Crippen LogP contribution is -2.31. The Kier molecular flexibility index (Phi) is 4.53. The highest BCUT2D eigenvalue weighted by molar-refractivity contribution is 5.63. The maximum absolute atomic E-state index is 5.42. The van der Waals surface area contributed by atoms with Gasteiger partial charge in [-0.3, -0.25) is 5.32 Å². The van der Waals surface area contributed by atoms with Gasteiger partial charge in [0.15, 0.2) is 0 Å². The molecule has 1 aromatic carbocycles. The molecule has 0 amide bonds. The normalized spacial score (nSPS) is 19.1. The Balaban J connectivity index is 1.75. The first-order valence-electron chi connectivity index (χ1n) is 7.67. The van der Waals surface area contributed by atoms with Crippen molar-refractivity contribution in [1.29, 1.82) is 0 Å². The van der Waals surface area contributed by atoms with E-state index in [0.717, 1.165) is 17.7 Å². The Hall–Kier alpha value is -2.14. The number of benzene rings is 1. The van der Waals surface area contributed by atoms with Crippen LogP contribution in [0.1, 0.15) is 38.1 Å². The van der Waals surface area contributed by atoms with Crippen LogP contribution in [0.4, 0.5) is 0 Å². The van der Waals surface area contributed by atoms with Gasteiger partial charge in [0.05, 0.1) is 18.7 Å². The molecular weight excluding hydrogens is 278 g/mol.